The monoisotopic (exact) mass is 255 g/mol. The van der Waals surface area contributed by atoms with Crippen LogP contribution < -0.4 is 11.1 Å². The van der Waals surface area contributed by atoms with E-state index in [9.17, 15) is 4.79 Å². The summed E-state index contributed by atoms with van der Waals surface area (Å²) in [5.41, 5.74) is 5.82. The van der Waals surface area contributed by atoms with E-state index >= 15 is 0 Å². The van der Waals surface area contributed by atoms with E-state index in [4.69, 9.17) is 5.73 Å². The first kappa shape index (κ1) is 15.4. The van der Waals surface area contributed by atoms with Crippen molar-refractivity contribution in [1.29, 1.82) is 0 Å². The van der Waals surface area contributed by atoms with Gasteiger partial charge in [-0.1, -0.05) is 26.7 Å². The van der Waals surface area contributed by atoms with Gasteiger partial charge in [0.15, 0.2) is 0 Å². The molecule has 4 heteroatoms. The molecule has 0 radical (unpaired) electrons. The van der Waals surface area contributed by atoms with E-state index in [0.717, 1.165) is 38.3 Å². The Morgan fingerprint density at radius 3 is 2.72 bits per heavy atom. The first-order chi connectivity index (χ1) is 8.63. The van der Waals surface area contributed by atoms with Gasteiger partial charge in [0.25, 0.3) is 0 Å². The minimum absolute atomic E-state index is 0.00817. The highest BCUT2D eigenvalue weighted by atomic mass is 16.2. The highest BCUT2D eigenvalue weighted by Gasteiger charge is 2.16. The van der Waals surface area contributed by atoms with Crippen LogP contribution in [-0.4, -0.2) is 43.0 Å². The third kappa shape index (κ3) is 5.83. The zero-order valence-electron chi connectivity index (χ0n) is 12.0. The van der Waals surface area contributed by atoms with E-state index in [2.05, 4.69) is 24.1 Å². The molecule has 1 rings (SSSR count). The van der Waals surface area contributed by atoms with Crippen LogP contribution in [0.5, 0.6) is 0 Å². The first-order valence-corrected chi connectivity index (χ1v) is 7.39. The van der Waals surface area contributed by atoms with Gasteiger partial charge in [-0.3, -0.25) is 4.79 Å². The van der Waals surface area contributed by atoms with E-state index in [1.807, 2.05) is 0 Å². The van der Waals surface area contributed by atoms with E-state index in [1.54, 1.807) is 0 Å². The molecule has 18 heavy (non-hydrogen) atoms. The fraction of sp³-hybridized carbons (Fsp3) is 0.929. The number of unbranched alkanes of at least 4 members (excludes halogenated alkanes) is 1. The average Bonchev–Trinajstić information content (AvgIpc) is 2.38. The molecule has 0 aromatic carbocycles. The molecule has 0 bridgehead atoms. The van der Waals surface area contributed by atoms with Gasteiger partial charge in [-0.25, -0.2) is 0 Å². The molecule has 106 valence electrons. The van der Waals surface area contributed by atoms with Gasteiger partial charge in [0.05, 0.1) is 6.04 Å². The summed E-state index contributed by atoms with van der Waals surface area (Å²) in [4.78, 5) is 14.1. The van der Waals surface area contributed by atoms with Crippen LogP contribution in [0.2, 0.25) is 0 Å². The van der Waals surface area contributed by atoms with E-state index in [1.165, 1.54) is 25.9 Å². The normalized spacial score (nSPS) is 19.7. The summed E-state index contributed by atoms with van der Waals surface area (Å²) in [6.07, 6.45) is 5.48. The number of piperidine rings is 1. The van der Waals surface area contributed by atoms with Crippen molar-refractivity contribution in [2.75, 3.05) is 26.2 Å². The number of nitrogens with zero attached hydrogens (tertiary/aromatic N) is 1. The quantitative estimate of drug-likeness (QED) is 0.722. The second kappa shape index (κ2) is 8.48. The SMILES string of the molecule is CCCCC(N)C(=O)NCCN1CCC(C)CC1. The zero-order chi connectivity index (χ0) is 13.4. The first-order valence-electron chi connectivity index (χ1n) is 7.39. The summed E-state index contributed by atoms with van der Waals surface area (Å²) < 4.78 is 0. The van der Waals surface area contributed by atoms with E-state index in [0.29, 0.717) is 0 Å². The van der Waals surface area contributed by atoms with Gasteiger partial charge in [-0.2, -0.15) is 0 Å². The lowest BCUT2D eigenvalue weighted by Gasteiger charge is -2.30. The lowest BCUT2D eigenvalue weighted by molar-refractivity contribution is -0.122. The Morgan fingerprint density at radius 2 is 2.11 bits per heavy atom. The summed E-state index contributed by atoms with van der Waals surface area (Å²) in [7, 11) is 0. The largest absolute Gasteiger partial charge is 0.353 e. The van der Waals surface area contributed by atoms with Crippen molar-refractivity contribution >= 4 is 5.91 Å². The number of hydrogen-bond acceptors (Lipinski definition) is 3. The maximum Gasteiger partial charge on any atom is 0.236 e. The van der Waals surface area contributed by atoms with Crippen molar-refractivity contribution in [3.8, 4) is 0 Å². The van der Waals surface area contributed by atoms with Crippen molar-refractivity contribution in [1.82, 2.24) is 10.2 Å². The molecule has 1 heterocycles. The molecule has 0 aromatic rings. The Kier molecular flexibility index (Phi) is 7.28. The van der Waals surface area contributed by atoms with Crippen molar-refractivity contribution in [2.24, 2.45) is 11.7 Å². The summed E-state index contributed by atoms with van der Waals surface area (Å²) in [5, 5.41) is 2.94. The molecule has 1 unspecified atom stereocenters. The van der Waals surface area contributed by atoms with Gasteiger partial charge < -0.3 is 16.0 Å². The van der Waals surface area contributed by atoms with Gasteiger partial charge in [0, 0.05) is 13.1 Å². The van der Waals surface area contributed by atoms with Crippen LogP contribution in [0.3, 0.4) is 0 Å². The fourth-order valence-corrected chi connectivity index (χ4v) is 2.31. The minimum atomic E-state index is -0.327. The van der Waals surface area contributed by atoms with Crippen LogP contribution in [-0.2, 0) is 4.79 Å². The fourth-order valence-electron chi connectivity index (χ4n) is 2.31. The molecule has 0 aromatic heterocycles. The summed E-state index contributed by atoms with van der Waals surface area (Å²) >= 11 is 0. The third-order valence-corrected chi connectivity index (χ3v) is 3.81. The Bertz CT molecular complexity index is 237. The molecule has 0 spiro atoms. The van der Waals surface area contributed by atoms with Crippen molar-refractivity contribution in [3.05, 3.63) is 0 Å². The second-order valence-electron chi connectivity index (χ2n) is 5.56. The molecule has 1 aliphatic rings. The van der Waals surface area contributed by atoms with Gasteiger partial charge in [0.2, 0.25) is 5.91 Å². The number of hydrogen-bond donors (Lipinski definition) is 2. The van der Waals surface area contributed by atoms with Gasteiger partial charge >= 0.3 is 0 Å². The molecule has 0 saturated carbocycles. The molecular formula is C14H29N3O. The van der Waals surface area contributed by atoms with Crippen molar-refractivity contribution in [3.63, 3.8) is 0 Å². The molecule has 1 atom stereocenters. The highest BCUT2D eigenvalue weighted by molar-refractivity contribution is 5.81. The predicted molar refractivity (Wildman–Crippen MR) is 75.3 cm³/mol. The number of rotatable bonds is 7. The molecule has 1 aliphatic heterocycles. The number of nitrogens with one attached hydrogen (secondary N) is 1. The zero-order valence-corrected chi connectivity index (χ0v) is 12.0. The molecule has 4 nitrogen and oxygen atoms in total. The van der Waals surface area contributed by atoms with Crippen molar-refractivity contribution < 1.29 is 4.79 Å². The van der Waals surface area contributed by atoms with Crippen LogP contribution in [0.15, 0.2) is 0 Å². The van der Waals surface area contributed by atoms with Gasteiger partial charge in [-0.15, -0.1) is 0 Å². The Labute approximate surface area is 111 Å². The smallest absolute Gasteiger partial charge is 0.236 e. The second-order valence-corrected chi connectivity index (χ2v) is 5.56. The predicted octanol–water partition coefficient (Wildman–Crippen LogP) is 1.35. The number of carbonyl (C=O) groups is 1. The summed E-state index contributed by atoms with van der Waals surface area (Å²) in [6, 6.07) is -0.327. The van der Waals surface area contributed by atoms with Crippen LogP contribution in [0.25, 0.3) is 0 Å². The lowest BCUT2D eigenvalue weighted by atomic mass is 9.99. The Morgan fingerprint density at radius 1 is 1.44 bits per heavy atom. The van der Waals surface area contributed by atoms with E-state index in [-0.39, 0.29) is 11.9 Å². The summed E-state index contributed by atoms with van der Waals surface area (Å²) in [6.45, 7) is 8.44. The summed E-state index contributed by atoms with van der Waals surface area (Å²) in [5.74, 6) is 0.868. The molecular weight excluding hydrogens is 226 g/mol. The van der Waals surface area contributed by atoms with E-state index < -0.39 is 0 Å². The van der Waals surface area contributed by atoms with Crippen LogP contribution in [0.1, 0.15) is 46.0 Å². The lowest BCUT2D eigenvalue weighted by Crippen LogP contribution is -2.44. The average molecular weight is 255 g/mol. The van der Waals surface area contributed by atoms with Crippen LogP contribution >= 0.6 is 0 Å². The maximum absolute atomic E-state index is 11.7. The van der Waals surface area contributed by atoms with Gasteiger partial charge in [0.1, 0.15) is 0 Å². The molecule has 0 aliphatic carbocycles. The topological polar surface area (TPSA) is 58.4 Å². The minimum Gasteiger partial charge on any atom is -0.353 e. The number of amides is 1. The Hall–Kier alpha value is -0.610. The highest BCUT2D eigenvalue weighted by Crippen LogP contribution is 2.15. The molecule has 1 amide bonds. The standard InChI is InChI=1S/C14H29N3O/c1-3-4-5-13(15)14(18)16-8-11-17-9-6-12(2)7-10-17/h12-13H,3-11,15H2,1-2H3,(H,16,18). The number of carbonyl (C=O) groups excluding carboxylic acids is 1. The number of likely N-dealkylation sites (tertiary alicyclic amines) is 1. The molecule has 3 N–H and O–H groups in total. The van der Waals surface area contributed by atoms with Crippen LogP contribution in [0.4, 0.5) is 0 Å². The molecule has 1 fully saturated rings. The molecule has 1 saturated heterocycles. The number of nitrogens with two attached hydrogens (primary N) is 1. The van der Waals surface area contributed by atoms with Crippen molar-refractivity contribution in [2.45, 2.75) is 52.0 Å². The Balaban J connectivity index is 2.08. The third-order valence-electron chi connectivity index (χ3n) is 3.81. The maximum atomic E-state index is 11.7. The van der Waals surface area contributed by atoms with Gasteiger partial charge in [-0.05, 0) is 38.3 Å². The van der Waals surface area contributed by atoms with Crippen LogP contribution in [0, 0.1) is 5.92 Å².